The number of carbonyl (C=O) groups excluding carboxylic acids is 1. The molecule has 4 nitrogen and oxygen atoms in total. The zero-order chi connectivity index (χ0) is 14.7. The summed E-state index contributed by atoms with van der Waals surface area (Å²) in [4.78, 5) is 18.1. The van der Waals surface area contributed by atoms with E-state index in [4.69, 9.17) is 9.72 Å². The zero-order valence-corrected chi connectivity index (χ0v) is 13.5. The molecule has 0 radical (unpaired) electrons. The van der Waals surface area contributed by atoms with Crippen LogP contribution in [0, 0.1) is 0 Å². The van der Waals surface area contributed by atoms with Gasteiger partial charge < -0.3 is 10.1 Å². The lowest BCUT2D eigenvalue weighted by atomic mass is 9.91. The Morgan fingerprint density at radius 1 is 1.29 bits per heavy atom. The summed E-state index contributed by atoms with van der Waals surface area (Å²) in [6.07, 6.45) is 9.45. The molecule has 1 fully saturated rings. The van der Waals surface area contributed by atoms with Crippen molar-refractivity contribution in [2.24, 2.45) is 0 Å². The van der Waals surface area contributed by atoms with E-state index in [1.54, 1.807) is 11.3 Å². The van der Waals surface area contributed by atoms with E-state index in [1.807, 2.05) is 6.92 Å². The number of nitrogens with zero attached hydrogens (tertiary/aromatic N) is 1. The maximum atomic E-state index is 12.1. The van der Waals surface area contributed by atoms with E-state index in [9.17, 15) is 4.79 Å². The van der Waals surface area contributed by atoms with E-state index in [2.05, 4.69) is 5.32 Å². The minimum atomic E-state index is -0.146. The van der Waals surface area contributed by atoms with Crippen molar-refractivity contribution in [1.29, 1.82) is 0 Å². The summed E-state index contributed by atoms with van der Waals surface area (Å²) in [6.45, 7) is 2.31. The number of hydrogen-bond acceptors (Lipinski definition) is 5. The summed E-state index contributed by atoms with van der Waals surface area (Å²) in [5.41, 5.74) is 0.975. The Bertz CT molecular complexity index is 494. The van der Waals surface area contributed by atoms with E-state index in [0.29, 0.717) is 12.6 Å². The van der Waals surface area contributed by atoms with Gasteiger partial charge in [-0.1, -0.05) is 19.3 Å². The van der Waals surface area contributed by atoms with E-state index in [-0.39, 0.29) is 11.9 Å². The zero-order valence-electron chi connectivity index (χ0n) is 12.7. The van der Waals surface area contributed by atoms with Crippen LogP contribution in [0.15, 0.2) is 0 Å². The van der Waals surface area contributed by atoms with E-state index >= 15 is 0 Å². The van der Waals surface area contributed by atoms with Gasteiger partial charge in [-0.25, -0.2) is 4.98 Å². The molecule has 1 aromatic rings. The third-order valence-corrected chi connectivity index (χ3v) is 5.52. The number of fused-ring (bicyclic) bond motifs is 1. The average Bonchev–Trinajstić information content (AvgIpc) is 2.90. The van der Waals surface area contributed by atoms with Gasteiger partial charge in [-0.3, -0.25) is 4.79 Å². The van der Waals surface area contributed by atoms with E-state index in [1.165, 1.54) is 37.0 Å². The maximum absolute atomic E-state index is 12.1. The lowest BCUT2D eigenvalue weighted by molar-refractivity contribution is -0.145. The molecule has 116 valence electrons. The second kappa shape index (κ2) is 6.77. The summed E-state index contributed by atoms with van der Waals surface area (Å²) in [5, 5.41) is 4.59. The normalized spacial score (nSPS) is 22.6. The SMILES string of the molecule is CCOC(=O)C1CCCc2sc(NC3CCCCC3)nc21. The van der Waals surface area contributed by atoms with Crippen LogP contribution < -0.4 is 5.32 Å². The molecule has 0 aliphatic heterocycles. The summed E-state index contributed by atoms with van der Waals surface area (Å²) in [7, 11) is 0. The van der Waals surface area contributed by atoms with Crippen molar-refractivity contribution in [3.63, 3.8) is 0 Å². The molecule has 0 aromatic carbocycles. The predicted molar refractivity (Wildman–Crippen MR) is 84.9 cm³/mol. The Labute approximate surface area is 130 Å². The van der Waals surface area contributed by atoms with Crippen molar-refractivity contribution in [1.82, 2.24) is 4.98 Å². The molecule has 21 heavy (non-hydrogen) atoms. The molecule has 0 spiro atoms. The number of carbonyl (C=O) groups is 1. The third kappa shape index (κ3) is 3.39. The van der Waals surface area contributed by atoms with Crippen LogP contribution in [0.4, 0.5) is 5.13 Å². The molecule has 1 aromatic heterocycles. The number of rotatable bonds is 4. The van der Waals surface area contributed by atoms with Crippen molar-refractivity contribution in [2.75, 3.05) is 11.9 Å². The topological polar surface area (TPSA) is 51.2 Å². The lowest BCUT2D eigenvalue weighted by Crippen LogP contribution is -2.22. The fourth-order valence-corrected chi connectivity index (χ4v) is 4.52. The molecule has 2 aliphatic carbocycles. The van der Waals surface area contributed by atoms with Crippen LogP contribution in [-0.4, -0.2) is 23.6 Å². The largest absolute Gasteiger partial charge is 0.465 e. The first kappa shape index (κ1) is 14.8. The van der Waals surface area contributed by atoms with Gasteiger partial charge >= 0.3 is 5.97 Å². The number of nitrogens with one attached hydrogen (secondary N) is 1. The van der Waals surface area contributed by atoms with Gasteiger partial charge in [0.05, 0.1) is 12.3 Å². The van der Waals surface area contributed by atoms with Gasteiger partial charge in [-0.05, 0) is 39.0 Å². The number of hydrogen-bond donors (Lipinski definition) is 1. The smallest absolute Gasteiger partial charge is 0.315 e. The van der Waals surface area contributed by atoms with Gasteiger partial charge in [-0.15, -0.1) is 11.3 Å². The minimum absolute atomic E-state index is 0.104. The Morgan fingerprint density at radius 2 is 2.10 bits per heavy atom. The molecule has 0 saturated heterocycles. The van der Waals surface area contributed by atoms with Crippen LogP contribution in [0.1, 0.15) is 68.4 Å². The summed E-state index contributed by atoms with van der Waals surface area (Å²) >= 11 is 1.74. The number of anilines is 1. The first-order chi connectivity index (χ1) is 10.3. The Balaban J connectivity index is 1.72. The van der Waals surface area contributed by atoms with Crippen LogP contribution in [-0.2, 0) is 16.0 Å². The van der Waals surface area contributed by atoms with Crippen LogP contribution in [0.2, 0.25) is 0 Å². The summed E-state index contributed by atoms with van der Waals surface area (Å²) in [5.74, 6) is -0.250. The van der Waals surface area contributed by atoms with E-state index in [0.717, 1.165) is 30.1 Å². The highest BCUT2D eigenvalue weighted by molar-refractivity contribution is 7.15. The van der Waals surface area contributed by atoms with Crippen LogP contribution >= 0.6 is 11.3 Å². The first-order valence-electron chi connectivity index (χ1n) is 8.20. The molecule has 0 amide bonds. The second-order valence-corrected chi connectivity index (χ2v) is 7.09. The molecule has 5 heteroatoms. The fourth-order valence-electron chi connectivity index (χ4n) is 3.37. The Morgan fingerprint density at radius 3 is 2.86 bits per heavy atom. The third-order valence-electron chi connectivity index (χ3n) is 4.46. The van der Waals surface area contributed by atoms with Crippen LogP contribution in [0.5, 0.6) is 0 Å². The average molecular weight is 308 g/mol. The van der Waals surface area contributed by atoms with Gasteiger partial charge in [0.1, 0.15) is 5.92 Å². The fraction of sp³-hybridized carbons (Fsp3) is 0.750. The molecule has 2 aliphatic rings. The maximum Gasteiger partial charge on any atom is 0.315 e. The number of ether oxygens (including phenoxy) is 1. The van der Waals surface area contributed by atoms with Crippen molar-refractivity contribution < 1.29 is 9.53 Å². The molecule has 1 heterocycles. The number of aryl methyl sites for hydroxylation is 1. The minimum Gasteiger partial charge on any atom is -0.465 e. The predicted octanol–water partition coefficient (Wildman–Crippen LogP) is 3.87. The number of esters is 1. The van der Waals surface area contributed by atoms with Gasteiger partial charge in [0.25, 0.3) is 0 Å². The standard InChI is InChI=1S/C16H24N2O2S/c1-2-20-15(19)12-9-6-10-13-14(12)18-16(21-13)17-11-7-4-3-5-8-11/h11-12H,2-10H2,1H3,(H,17,18). The lowest BCUT2D eigenvalue weighted by Gasteiger charge is -2.22. The Kier molecular flexibility index (Phi) is 4.78. The van der Waals surface area contributed by atoms with E-state index < -0.39 is 0 Å². The molecule has 1 unspecified atom stereocenters. The molecule has 1 N–H and O–H groups in total. The summed E-state index contributed by atoms with van der Waals surface area (Å²) < 4.78 is 5.20. The molecule has 1 atom stereocenters. The van der Waals surface area contributed by atoms with Crippen molar-refractivity contribution >= 4 is 22.4 Å². The van der Waals surface area contributed by atoms with Gasteiger partial charge in [0.15, 0.2) is 5.13 Å². The number of thiazole rings is 1. The second-order valence-electron chi connectivity index (χ2n) is 6.00. The van der Waals surface area contributed by atoms with Crippen molar-refractivity contribution in [3.05, 3.63) is 10.6 Å². The van der Waals surface area contributed by atoms with Crippen molar-refractivity contribution in [2.45, 2.75) is 70.3 Å². The van der Waals surface area contributed by atoms with Gasteiger partial charge in [0.2, 0.25) is 0 Å². The van der Waals surface area contributed by atoms with Gasteiger partial charge in [0, 0.05) is 10.9 Å². The van der Waals surface area contributed by atoms with Crippen molar-refractivity contribution in [3.8, 4) is 0 Å². The molecular formula is C16H24N2O2S. The molecule has 1 saturated carbocycles. The number of aromatic nitrogens is 1. The highest BCUT2D eigenvalue weighted by Gasteiger charge is 2.31. The molecule has 3 rings (SSSR count). The quantitative estimate of drug-likeness (QED) is 0.858. The first-order valence-corrected chi connectivity index (χ1v) is 9.02. The monoisotopic (exact) mass is 308 g/mol. The highest BCUT2D eigenvalue weighted by atomic mass is 32.1. The van der Waals surface area contributed by atoms with Crippen LogP contribution in [0.3, 0.4) is 0 Å². The highest BCUT2D eigenvalue weighted by Crippen LogP contribution is 2.38. The summed E-state index contributed by atoms with van der Waals surface area (Å²) in [6, 6.07) is 0.562. The Hall–Kier alpha value is -1.10. The molecular weight excluding hydrogens is 284 g/mol. The van der Waals surface area contributed by atoms with Crippen LogP contribution in [0.25, 0.3) is 0 Å². The molecule has 0 bridgehead atoms. The van der Waals surface area contributed by atoms with Gasteiger partial charge in [-0.2, -0.15) is 0 Å².